The molecule has 0 heterocycles. The SMILES string of the molecule is CCCCc1ccc(S(=O)(=O)Nc2ccc(OC)cc2C)cc1. The number of rotatable bonds is 7. The fourth-order valence-corrected chi connectivity index (χ4v) is 3.43. The molecule has 2 rings (SSSR count). The van der Waals surface area contributed by atoms with Crippen LogP contribution in [0.15, 0.2) is 47.4 Å². The number of hydrogen-bond donors (Lipinski definition) is 1. The molecule has 0 aliphatic heterocycles. The summed E-state index contributed by atoms with van der Waals surface area (Å²) < 4.78 is 32.7. The summed E-state index contributed by atoms with van der Waals surface area (Å²) in [6.45, 7) is 3.98. The molecule has 0 spiro atoms. The first-order valence-electron chi connectivity index (χ1n) is 7.72. The molecule has 0 aromatic heterocycles. The van der Waals surface area contributed by atoms with Crippen LogP contribution in [0.5, 0.6) is 5.75 Å². The summed E-state index contributed by atoms with van der Waals surface area (Å²) >= 11 is 0. The van der Waals surface area contributed by atoms with Crippen molar-refractivity contribution in [2.75, 3.05) is 11.8 Å². The minimum absolute atomic E-state index is 0.271. The van der Waals surface area contributed by atoms with Gasteiger partial charge in [-0.1, -0.05) is 25.5 Å². The summed E-state index contributed by atoms with van der Waals surface area (Å²) in [6.07, 6.45) is 3.20. The first-order chi connectivity index (χ1) is 11.0. The number of nitrogens with one attached hydrogen (secondary N) is 1. The van der Waals surface area contributed by atoms with Crippen LogP contribution in [0.1, 0.15) is 30.9 Å². The van der Waals surface area contributed by atoms with E-state index < -0.39 is 10.0 Å². The largest absolute Gasteiger partial charge is 0.497 e. The van der Waals surface area contributed by atoms with Crippen LogP contribution in [0.3, 0.4) is 0 Å². The molecule has 0 saturated carbocycles. The van der Waals surface area contributed by atoms with E-state index in [-0.39, 0.29) is 4.90 Å². The van der Waals surface area contributed by atoms with Gasteiger partial charge in [-0.15, -0.1) is 0 Å². The summed E-state index contributed by atoms with van der Waals surface area (Å²) in [5.41, 5.74) is 2.53. The van der Waals surface area contributed by atoms with Gasteiger partial charge < -0.3 is 4.74 Å². The van der Waals surface area contributed by atoms with Crippen LogP contribution in [0.25, 0.3) is 0 Å². The van der Waals surface area contributed by atoms with Gasteiger partial charge in [0, 0.05) is 0 Å². The van der Waals surface area contributed by atoms with E-state index in [1.54, 1.807) is 37.4 Å². The molecule has 5 heteroatoms. The molecule has 0 radical (unpaired) electrons. The zero-order valence-electron chi connectivity index (χ0n) is 13.8. The number of hydrogen-bond acceptors (Lipinski definition) is 3. The summed E-state index contributed by atoms with van der Waals surface area (Å²) in [5.74, 6) is 0.700. The molecular formula is C18H23NO3S. The van der Waals surface area contributed by atoms with Gasteiger partial charge >= 0.3 is 0 Å². The molecule has 0 saturated heterocycles. The van der Waals surface area contributed by atoms with Gasteiger partial charge in [0.1, 0.15) is 5.75 Å². The van der Waals surface area contributed by atoms with Gasteiger partial charge in [-0.25, -0.2) is 8.42 Å². The number of ether oxygens (including phenoxy) is 1. The molecule has 1 N–H and O–H groups in total. The number of benzene rings is 2. The Hall–Kier alpha value is -2.01. The third kappa shape index (κ3) is 4.48. The fraction of sp³-hybridized carbons (Fsp3) is 0.333. The minimum atomic E-state index is -3.58. The van der Waals surface area contributed by atoms with Gasteiger partial charge in [-0.05, 0) is 61.2 Å². The number of unbranched alkanes of at least 4 members (excludes halogenated alkanes) is 1. The Morgan fingerprint density at radius 1 is 1.09 bits per heavy atom. The van der Waals surface area contributed by atoms with Crippen molar-refractivity contribution in [3.8, 4) is 5.75 Å². The number of aryl methyl sites for hydroxylation is 2. The van der Waals surface area contributed by atoms with E-state index in [1.807, 2.05) is 19.1 Å². The van der Waals surface area contributed by atoms with Crippen LogP contribution in [0, 0.1) is 6.92 Å². The van der Waals surface area contributed by atoms with E-state index in [0.29, 0.717) is 11.4 Å². The summed E-state index contributed by atoms with van der Waals surface area (Å²) in [6, 6.07) is 12.3. The molecule has 0 fully saturated rings. The van der Waals surface area contributed by atoms with E-state index in [9.17, 15) is 8.42 Å². The van der Waals surface area contributed by atoms with Crippen LogP contribution in [-0.2, 0) is 16.4 Å². The second kappa shape index (κ2) is 7.51. The van der Waals surface area contributed by atoms with Crippen LogP contribution in [0.4, 0.5) is 5.69 Å². The van der Waals surface area contributed by atoms with Crippen LogP contribution < -0.4 is 9.46 Å². The van der Waals surface area contributed by atoms with Gasteiger partial charge in [-0.2, -0.15) is 0 Å². The molecule has 0 atom stereocenters. The van der Waals surface area contributed by atoms with Crippen molar-refractivity contribution in [1.82, 2.24) is 0 Å². The summed E-state index contributed by atoms with van der Waals surface area (Å²) in [5, 5.41) is 0. The average molecular weight is 333 g/mol. The zero-order chi connectivity index (χ0) is 16.9. The highest BCUT2D eigenvalue weighted by molar-refractivity contribution is 7.92. The minimum Gasteiger partial charge on any atom is -0.497 e. The Morgan fingerprint density at radius 3 is 2.35 bits per heavy atom. The van der Waals surface area contributed by atoms with Gasteiger partial charge in [0.05, 0.1) is 17.7 Å². The van der Waals surface area contributed by atoms with Crippen LogP contribution >= 0.6 is 0 Å². The molecule has 0 bridgehead atoms. The number of methoxy groups -OCH3 is 1. The predicted octanol–water partition coefficient (Wildman–Crippen LogP) is 4.15. The Bertz CT molecular complexity index is 752. The van der Waals surface area contributed by atoms with E-state index >= 15 is 0 Å². The lowest BCUT2D eigenvalue weighted by atomic mass is 10.1. The summed E-state index contributed by atoms with van der Waals surface area (Å²) in [4.78, 5) is 0.271. The Kier molecular flexibility index (Phi) is 5.66. The van der Waals surface area contributed by atoms with Gasteiger partial charge in [-0.3, -0.25) is 4.72 Å². The molecule has 2 aromatic carbocycles. The second-order valence-corrected chi connectivity index (χ2v) is 7.22. The topological polar surface area (TPSA) is 55.4 Å². The molecule has 23 heavy (non-hydrogen) atoms. The van der Waals surface area contributed by atoms with Crippen molar-refractivity contribution >= 4 is 15.7 Å². The maximum Gasteiger partial charge on any atom is 0.261 e. The van der Waals surface area contributed by atoms with Crippen LogP contribution in [0.2, 0.25) is 0 Å². The van der Waals surface area contributed by atoms with Crippen molar-refractivity contribution in [2.24, 2.45) is 0 Å². The van der Waals surface area contributed by atoms with E-state index in [1.165, 1.54) is 0 Å². The monoisotopic (exact) mass is 333 g/mol. The Morgan fingerprint density at radius 2 is 1.78 bits per heavy atom. The van der Waals surface area contributed by atoms with Gasteiger partial charge in [0.25, 0.3) is 10.0 Å². The second-order valence-electron chi connectivity index (χ2n) is 5.53. The van der Waals surface area contributed by atoms with Crippen molar-refractivity contribution in [2.45, 2.75) is 38.0 Å². The third-order valence-corrected chi connectivity index (χ3v) is 5.11. The quantitative estimate of drug-likeness (QED) is 0.828. The molecule has 0 unspecified atom stereocenters. The van der Waals surface area contributed by atoms with Crippen molar-refractivity contribution in [3.63, 3.8) is 0 Å². The first-order valence-corrected chi connectivity index (χ1v) is 9.21. The number of anilines is 1. The maximum absolute atomic E-state index is 12.5. The van der Waals surface area contributed by atoms with Crippen molar-refractivity contribution < 1.29 is 13.2 Å². The molecule has 124 valence electrons. The summed E-state index contributed by atoms with van der Waals surface area (Å²) in [7, 11) is -2.00. The van der Waals surface area contributed by atoms with Crippen molar-refractivity contribution in [3.05, 3.63) is 53.6 Å². The molecule has 4 nitrogen and oxygen atoms in total. The van der Waals surface area contributed by atoms with E-state index in [0.717, 1.165) is 30.4 Å². The third-order valence-electron chi connectivity index (χ3n) is 3.73. The highest BCUT2D eigenvalue weighted by Crippen LogP contribution is 2.24. The normalized spacial score (nSPS) is 11.3. The molecule has 0 aliphatic rings. The lowest BCUT2D eigenvalue weighted by molar-refractivity contribution is 0.414. The average Bonchev–Trinajstić information content (AvgIpc) is 2.55. The Balaban J connectivity index is 2.18. The number of sulfonamides is 1. The van der Waals surface area contributed by atoms with Crippen LogP contribution in [-0.4, -0.2) is 15.5 Å². The van der Waals surface area contributed by atoms with Gasteiger partial charge in [0.15, 0.2) is 0 Å². The zero-order valence-corrected chi connectivity index (χ0v) is 14.6. The van der Waals surface area contributed by atoms with E-state index in [2.05, 4.69) is 11.6 Å². The maximum atomic E-state index is 12.5. The smallest absolute Gasteiger partial charge is 0.261 e. The highest BCUT2D eigenvalue weighted by Gasteiger charge is 2.15. The molecule has 2 aromatic rings. The fourth-order valence-electron chi connectivity index (χ4n) is 2.30. The lowest BCUT2D eigenvalue weighted by Crippen LogP contribution is -2.13. The first kappa shape index (κ1) is 17.3. The molecular weight excluding hydrogens is 310 g/mol. The lowest BCUT2D eigenvalue weighted by Gasteiger charge is -2.12. The highest BCUT2D eigenvalue weighted by atomic mass is 32.2. The molecule has 0 aliphatic carbocycles. The van der Waals surface area contributed by atoms with E-state index in [4.69, 9.17) is 4.74 Å². The van der Waals surface area contributed by atoms with Crippen molar-refractivity contribution in [1.29, 1.82) is 0 Å². The standard InChI is InChI=1S/C18H23NO3S/c1-4-5-6-15-7-10-17(11-8-15)23(20,21)19-18-12-9-16(22-3)13-14(18)2/h7-13,19H,4-6H2,1-3H3. The predicted molar refractivity (Wildman–Crippen MR) is 93.6 cm³/mol. The molecule has 0 amide bonds. The Labute approximate surface area is 138 Å². The van der Waals surface area contributed by atoms with Gasteiger partial charge in [0.2, 0.25) is 0 Å².